The molecule has 0 saturated carbocycles. The van der Waals surface area contributed by atoms with Gasteiger partial charge in [0, 0.05) is 12.2 Å². The van der Waals surface area contributed by atoms with E-state index in [0.717, 1.165) is 37.6 Å². The SMILES string of the molecule is c1ccc(CSCCC2OCCCO2)cc1. The summed E-state index contributed by atoms with van der Waals surface area (Å²) in [6, 6.07) is 10.6. The first-order valence-electron chi connectivity index (χ1n) is 5.80. The van der Waals surface area contributed by atoms with Crippen LogP contribution >= 0.6 is 11.8 Å². The van der Waals surface area contributed by atoms with Gasteiger partial charge >= 0.3 is 0 Å². The van der Waals surface area contributed by atoms with Crippen molar-refractivity contribution >= 4 is 11.8 Å². The molecule has 1 fully saturated rings. The van der Waals surface area contributed by atoms with Crippen LogP contribution in [-0.4, -0.2) is 25.3 Å². The van der Waals surface area contributed by atoms with Gasteiger partial charge in [-0.05, 0) is 17.7 Å². The third kappa shape index (κ3) is 4.16. The standard InChI is InChI=1S/C13H18O2S/c1-2-5-12(6-3-1)11-16-10-7-13-14-8-4-9-15-13/h1-3,5-6,13H,4,7-11H2. The zero-order valence-electron chi connectivity index (χ0n) is 9.43. The third-order valence-corrected chi connectivity index (χ3v) is 3.57. The minimum Gasteiger partial charge on any atom is -0.353 e. The Kier molecular flexibility index (Phi) is 5.19. The lowest BCUT2D eigenvalue weighted by Crippen LogP contribution is -2.25. The zero-order valence-corrected chi connectivity index (χ0v) is 10.2. The molecule has 2 rings (SSSR count). The third-order valence-electron chi connectivity index (χ3n) is 2.51. The van der Waals surface area contributed by atoms with E-state index in [4.69, 9.17) is 9.47 Å². The molecule has 0 aromatic heterocycles. The van der Waals surface area contributed by atoms with Gasteiger partial charge in [0.1, 0.15) is 0 Å². The van der Waals surface area contributed by atoms with Gasteiger partial charge in [0.15, 0.2) is 6.29 Å². The van der Waals surface area contributed by atoms with Gasteiger partial charge in [0.2, 0.25) is 0 Å². The lowest BCUT2D eigenvalue weighted by molar-refractivity contribution is -0.178. The van der Waals surface area contributed by atoms with Crippen LogP contribution in [0.15, 0.2) is 30.3 Å². The van der Waals surface area contributed by atoms with Gasteiger partial charge in [0.05, 0.1) is 13.2 Å². The van der Waals surface area contributed by atoms with Crippen LogP contribution in [0.3, 0.4) is 0 Å². The van der Waals surface area contributed by atoms with Crippen LogP contribution < -0.4 is 0 Å². The lowest BCUT2D eigenvalue weighted by atomic mass is 10.2. The van der Waals surface area contributed by atoms with E-state index in [0.29, 0.717) is 0 Å². The van der Waals surface area contributed by atoms with Crippen molar-refractivity contribution in [3.8, 4) is 0 Å². The first-order chi connectivity index (χ1) is 7.95. The van der Waals surface area contributed by atoms with Crippen LogP contribution in [0.5, 0.6) is 0 Å². The predicted molar refractivity (Wildman–Crippen MR) is 67.5 cm³/mol. The molecule has 0 amide bonds. The maximum Gasteiger partial charge on any atom is 0.158 e. The number of hydrogen-bond acceptors (Lipinski definition) is 3. The zero-order chi connectivity index (χ0) is 11.1. The van der Waals surface area contributed by atoms with Gasteiger partial charge in [-0.2, -0.15) is 11.8 Å². The van der Waals surface area contributed by atoms with Crippen molar-refractivity contribution in [2.75, 3.05) is 19.0 Å². The van der Waals surface area contributed by atoms with Crippen molar-refractivity contribution in [1.29, 1.82) is 0 Å². The smallest absolute Gasteiger partial charge is 0.158 e. The van der Waals surface area contributed by atoms with Crippen molar-refractivity contribution in [3.05, 3.63) is 35.9 Å². The fourth-order valence-electron chi connectivity index (χ4n) is 1.65. The molecule has 1 aromatic carbocycles. The second kappa shape index (κ2) is 6.94. The summed E-state index contributed by atoms with van der Waals surface area (Å²) in [5.41, 5.74) is 1.39. The summed E-state index contributed by atoms with van der Waals surface area (Å²) in [6.07, 6.45) is 2.07. The molecule has 0 bridgehead atoms. The molecule has 1 aromatic rings. The highest BCUT2D eigenvalue weighted by molar-refractivity contribution is 7.98. The van der Waals surface area contributed by atoms with Crippen molar-refractivity contribution in [1.82, 2.24) is 0 Å². The molecule has 1 heterocycles. The average molecular weight is 238 g/mol. The molecule has 2 nitrogen and oxygen atoms in total. The highest BCUT2D eigenvalue weighted by Crippen LogP contribution is 2.16. The summed E-state index contributed by atoms with van der Waals surface area (Å²) in [5, 5.41) is 0. The predicted octanol–water partition coefficient (Wildman–Crippen LogP) is 3.07. The Morgan fingerprint density at radius 2 is 1.88 bits per heavy atom. The number of benzene rings is 1. The summed E-state index contributed by atoms with van der Waals surface area (Å²) in [6.45, 7) is 1.71. The maximum atomic E-state index is 5.49. The van der Waals surface area contributed by atoms with Crippen LogP contribution in [0.4, 0.5) is 0 Å². The summed E-state index contributed by atoms with van der Waals surface area (Å²) in [7, 11) is 0. The van der Waals surface area contributed by atoms with Gasteiger partial charge in [-0.3, -0.25) is 0 Å². The molecular formula is C13H18O2S. The molecule has 1 aliphatic rings. The van der Waals surface area contributed by atoms with Crippen molar-refractivity contribution in [2.24, 2.45) is 0 Å². The van der Waals surface area contributed by atoms with Crippen molar-refractivity contribution < 1.29 is 9.47 Å². The molecule has 0 N–H and O–H groups in total. The maximum absolute atomic E-state index is 5.49. The van der Waals surface area contributed by atoms with Crippen LogP contribution in [0, 0.1) is 0 Å². The number of ether oxygens (including phenoxy) is 2. The Morgan fingerprint density at radius 3 is 2.62 bits per heavy atom. The molecule has 1 aliphatic heterocycles. The Morgan fingerprint density at radius 1 is 1.12 bits per heavy atom. The summed E-state index contributed by atoms with van der Waals surface area (Å²) in [4.78, 5) is 0. The van der Waals surface area contributed by atoms with Gasteiger partial charge in [-0.25, -0.2) is 0 Å². The van der Waals surface area contributed by atoms with Crippen LogP contribution in [-0.2, 0) is 15.2 Å². The molecule has 0 aliphatic carbocycles. The first-order valence-corrected chi connectivity index (χ1v) is 6.95. The molecule has 1 saturated heterocycles. The molecule has 88 valence electrons. The van der Waals surface area contributed by atoms with Crippen molar-refractivity contribution in [3.63, 3.8) is 0 Å². The van der Waals surface area contributed by atoms with Gasteiger partial charge in [-0.15, -0.1) is 0 Å². The van der Waals surface area contributed by atoms with Gasteiger partial charge in [-0.1, -0.05) is 30.3 Å². The molecule has 0 radical (unpaired) electrons. The lowest BCUT2D eigenvalue weighted by Gasteiger charge is -2.22. The Hall–Kier alpha value is -0.510. The van der Waals surface area contributed by atoms with Crippen molar-refractivity contribution in [2.45, 2.75) is 24.9 Å². The van der Waals surface area contributed by atoms with E-state index < -0.39 is 0 Å². The van der Waals surface area contributed by atoms with E-state index in [-0.39, 0.29) is 6.29 Å². The quantitative estimate of drug-likeness (QED) is 0.734. The summed E-state index contributed by atoms with van der Waals surface area (Å²) < 4.78 is 11.0. The monoisotopic (exact) mass is 238 g/mol. The minimum absolute atomic E-state index is 0.0389. The van der Waals surface area contributed by atoms with E-state index in [9.17, 15) is 0 Å². The number of hydrogen-bond donors (Lipinski definition) is 0. The second-order valence-corrected chi connectivity index (χ2v) is 4.96. The Balaban J connectivity index is 1.58. The average Bonchev–Trinajstić information content (AvgIpc) is 2.37. The molecule has 0 atom stereocenters. The highest BCUT2D eigenvalue weighted by atomic mass is 32.2. The fraction of sp³-hybridized carbons (Fsp3) is 0.538. The van der Waals surface area contributed by atoms with E-state index in [1.807, 2.05) is 11.8 Å². The van der Waals surface area contributed by atoms with E-state index in [1.165, 1.54) is 5.56 Å². The molecular weight excluding hydrogens is 220 g/mol. The fourth-order valence-corrected chi connectivity index (χ4v) is 2.58. The van der Waals surface area contributed by atoms with E-state index >= 15 is 0 Å². The normalized spacial score (nSPS) is 17.5. The topological polar surface area (TPSA) is 18.5 Å². The van der Waals surface area contributed by atoms with Gasteiger partial charge in [0.25, 0.3) is 0 Å². The van der Waals surface area contributed by atoms with Gasteiger partial charge < -0.3 is 9.47 Å². The number of rotatable bonds is 5. The number of thioether (sulfide) groups is 1. The Bertz CT molecular complexity index is 283. The second-order valence-electron chi connectivity index (χ2n) is 3.85. The minimum atomic E-state index is 0.0389. The van der Waals surface area contributed by atoms with E-state index in [1.54, 1.807) is 0 Å². The molecule has 3 heteroatoms. The summed E-state index contributed by atoms with van der Waals surface area (Å²) in [5.74, 6) is 2.17. The molecule has 0 unspecified atom stereocenters. The largest absolute Gasteiger partial charge is 0.353 e. The van der Waals surface area contributed by atoms with E-state index in [2.05, 4.69) is 30.3 Å². The van der Waals surface area contributed by atoms with Crippen LogP contribution in [0.25, 0.3) is 0 Å². The highest BCUT2D eigenvalue weighted by Gasteiger charge is 2.13. The Labute approximate surface area is 101 Å². The summed E-state index contributed by atoms with van der Waals surface area (Å²) >= 11 is 1.94. The van der Waals surface area contributed by atoms with Crippen LogP contribution in [0.1, 0.15) is 18.4 Å². The molecule has 16 heavy (non-hydrogen) atoms. The molecule has 0 spiro atoms. The van der Waals surface area contributed by atoms with Crippen LogP contribution in [0.2, 0.25) is 0 Å². The first kappa shape index (κ1) is 12.0.